The smallest absolute Gasteiger partial charge is 0.00924 e. The van der Waals surface area contributed by atoms with E-state index in [-0.39, 0.29) is 0 Å². The van der Waals surface area contributed by atoms with Crippen molar-refractivity contribution in [1.82, 2.24) is 10.2 Å². The van der Waals surface area contributed by atoms with Crippen molar-refractivity contribution in [2.24, 2.45) is 5.41 Å². The lowest BCUT2D eigenvalue weighted by atomic mass is 9.80. The predicted molar refractivity (Wildman–Crippen MR) is 65.1 cm³/mol. The third-order valence-corrected chi connectivity index (χ3v) is 4.39. The molecule has 2 aliphatic rings. The highest BCUT2D eigenvalue weighted by atomic mass is 15.1. The van der Waals surface area contributed by atoms with Crippen LogP contribution in [0.3, 0.4) is 0 Å². The number of piperidine rings is 1. The first-order valence-corrected chi connectivity index (χ1v) is 6.61. The summed E-state index contributed by atoms with van der Waals surface area (Å²) in [5.41, 5.74) is 0.572. The summed E-state index contributed by atoms with van der Waals surface area (Å²) in [6, 6.07) is 0.886. The van der Waals surface area contributed by atoms with E-state index in [0.29, 0.717) is 5.41 Å². The van der Waals surface area contributed by atoms with Crippen molar-refractivity contribution in [2.45, 2.75) is 51.5 Å². The molecule has 1 saturated heterocycles. The lowest BCUT2D eigenvalue weighted by molar-refractivity contribution is 0.118. The maximum atomic E-state index is 3.46. The summed E-state index contributed by atoms with van der Waals surface area (Å²) in [5, 5.41) is 3.46. The minimum Gasteiger partial charge on any atom is -0.317 e. The van der Waals surface area contributed by atoms with Crippen molar-refractivity contribution >= 4 is 0 Å². The normalized spacial score (nSPS) is 27.4. The lowest BCUT2D eigenvalue weighted by Gasteiger charge is -2.39. The monoisotopic (exact) mass is 210 g/mol. The van der Waals surface area contributed by atoms with Crippen LogP contribution in [0.15, 0.2) is 0 Å². The number of hydrogen-bond acceptors (Lipinski definition) is 2. The Bertz CT molecular complexity index is 191. The maximum Gasteiger partial charge on any atom is 0.00924 e. The number of nitrogens with one attached hydrogen (secondary N) is 1. The third kappa shape index (κ3) is 2.94. The van der Waals surface area contributed by atoms with E-state index in [1.165, 1.54) is 58.2 Å². The first-order valence-electron chi connectivity index (χ1n) is 6.61. The molecule has 2 rings (SSSR count). The number of hydrogen-bond donors (Lipinski definition) is 1. The van der Waals surface area contributed by atoms with Crippen LogP contribution in [0.2, 0.25) is 0 Å². The Labute approximate surface area is 94.4 Å². The molecule has 2 fully saturated rings. The topological polar surface area (TPSA) is 15.3 Å². The molecule has 0 radical (unpaired) electrons. The van der Waals surface area contributed by atoms with Crippen LogP contribution in [0.5, 0.6) is 0 Å². The van der Waals surface area contributed by atoms with E-state index >= 15 is 0 Å². The van der Waals surface area contributed by atoms with Gasteiger partial charge < -0.3 is 10.2 Å². The van der Waals surface area contributed by atoms with E-state index in [1.54, 1.807) is 0 Å². The second-order valence-electron chi connectivity index (χ2n) is 5.91. The van der Waals surface area contributed by atoms with Crippen LogP contribution in [0.4, 0.5) is 0 Å². The molecule has 0 bridgehead atoms. The average molecular weight is 210 g/mol. The van der Waals surface area contributed by atoms with E-state index < -0.39 is 0 Å². The van der Waals surface area contributed by atoms with Crippen LogP contribution in [0.25, 0.3) is 0 Å². The molecule has 2 nitrogen and oxygen atoms in total. The Morgan fingerprint density at radius 3 is 2.40 bits per heavy atom. The van der Waals surface area contributed by atoms with Gasteiger partial charge in [-0.3, -0.25) is 0 Å². The van der Waals surface area contributed by atoms with Gasteiger partial charge in [-0.1, -0.05) is 19.8 Å². The quantitative estimate of drug-likeness (QED) is 0.768. The minimum atomic E-state index is 0.572. The van der Waals surface area contributed by atoms with Crippen molar-refractivity contribution in [3.05, 3.63) is 0 Å². The standard InChI is InChI=1S/C13H26N2/c1-13(7-9-14-10-8-13)11-15(2)12-5-3-4-6-12/h12,14H,3-11H2,1-2H3. The van der Waals surface area contributed by atoms with Crippen molar-refractivity contribution in [2.75, 3.05) is 26.7 Å². The zero-order valence-corrected chi connectivity index (χ0v) is 10.4. The van der Waals surface area contributed by atoms with Gasteiger partial charge in [-0.15, -0.1) is 0 Å². The highest BCUT2D eigenvalue weighted by Crippen LogP contribution is 2.31. The van der Waals surface area contributed by atoms with Crippen molar-refractivity contribution in [3.8, 4) is 0 Å². The molecule has 15 heavy (non-hydrogen) atoms. The number of nitrogens with zero attached hydrogens (tertiary/aromatic N) is 1. The molecule has 0 aromatic heterocycles. The molecule has 1 heterocycles. The van der Waals surface area contributed by atoms with Crippen LogP contribution in [0, 0.1) is 5.41 Å². The Balaban J connectivity index is 1.83. The lowest BCUT2D eigenvalue weighted by Crippen LogP contribution is -2.44. The van der Waals surface area contributed by atoms with E-state index in [9.17, 15) is 0 Å². The predicted octanol–water partition coefficient (Wildman–Crippen LogP) is 2.25. The van der Waals surface area contributed by atoms with Gasteiger partial charge in [-0.05, 0) is 51.2 Å². The first kappa shape index (κ1) is 11.4. The van der Waals surface area contributed by atoms with Gasteiger partial charge in [0.1, 0.15) is 0 Å². The summed E-state index contributed by atoms with van der Waals surface area (Å²) >= 11 is 0. The Hall–Kier alpha value is -0.0800. The van der Waals surface area contributed by atoms with Crippen molar-refractivity contribution in [3.63, 3.8) is 0 Å². The zero-order valence-electron chi connectivity index (χ0n) is 10.4. The summed E-state index contributed by atoms with van der Waals surface area (Å²) in [5.74, 6) is 0. The molecule has 1 aliphatic heterocycles. The molecule has 0 aromatic carbocycles. The second-order valence-corrected chi connectivity index (χ2v) is 5.91. The van der Waals surface area contributed by atoms with Gasteiger partial charge in [0.15, 0.2) is 0 Å². The van der Waals surface area contributed by atoms with Gasteiger partial charge in [0.25, 0.3) is 0 Å². The van der Waals surface area contributed by atoms with E-state index in [1.807, 2.05) is 0 Å². The van der Waals surface area contributed by atoms with Crippen molar-refractivity contribution in [1.29, 1.82) is 0 Å². The maximum absolute atomic E-state index is 3.46. The van der Waals surface area contributed by atoms with Crippen LogP contribution >= 0.6 is 0 Å². The van der Waals surface area contributed by atoms with Crippen LogP contribution in [-0.2, 0) is 0 Å². The molecule has 1 aliphatic carbocycles. The molecule has 0 unspecified atom stereocenters. The van der Waals surface area contributed by atoms with Gasteiger partial charge in [-0.2, -0.15) is 0 Å². The zero-order chi connectivity index (χ0) is 10.7. The Morgan fingerprint density at radius 1 is 1.20 bits per heavy atom. The van der Waals surface area contributed by atoms with Crippen LogP contribution in [-0.4, -0.2) is 37.6 Å². The Morgan fingerprint density at radius 2 is 1.80 bits per heavy atom. The van der Waals surface area contributed by atoms with Gasteiger partial charge in [0.05, 0.1) is 0 Å². The molecule has 88 valence electrons. The fourth-order valence-electron chi connectivity index (χ4n) is 3.26. The molecule has 0 spiro atoms. The van der Waals surface area contributed by atoms with E-state index in [2.05, 4.69) is 24.2 Å². The van der Waals surface area contributed by atoms with Gasteiger partial charge in [0, 0.05) is 12.6 Å². The molecule has 0 amide bonds. The summed E-state index contributed by atoms with van der Waals surface area (Å²) in [4.78, 5) is 2.64. The first-order chi connectivity index (χ1) is 7.20. The second kappa shape index (κ2) is 4.84. The summed E-state index contributed by atoms with van der Waals surface area (Å²) in [6.45, 7) is 6.21. The van der Waals surface area contributed by atoms with Crippen LogP contribution in [0.1, 0.15) is 45.4 Å². The third-order valence-electron chi connectivity index (χ3n) is 4.39. The average Bonchev–Trinajstić information content (AvgIpc) is 2.70. The van der Waals surface area contributed by atoms with E-state index in [0.717, 1.165) is 6.04 Å². The summed E-state index contributed by atoms with van der Waals surface area (Å²) in [7, 11) is 2.34. The van der Waals surface area contributed by atoms with Crippen molar-refractivity contribution < 1.29 is 0 Å². The fourth-order valence-corrected chi connectivity index (χ4v) is 3.26. The molecule has 1 N–H and O–H groups in total. The highest BCUT2D eigenvalue weighted by molar-refractivity contribution is 4.86. The minimum absolute atomic E-state index is 0.572. The molecule has 0 atom stereocenters. The molecular weight excluding hydrogens is 184 g/mol. The highest BCUT2D eigenvalue weighted by Gasteiger charge is 2.30. The van der Waals surface area contributed by atoms with E-state index in [4.69, 9.17) is 0 Å². The van der Waals surface area contributed by atoms with Crippen LogP contribution < -0.4 is 5.32 Å². The largest absolute Gasteiger partial charge is 0.317 e. The molecule has 1 saturated carbocycles. The van der Waals surface area contributed by atoms with Gasteiger partial charge in [0.2, 0.25) is 0 Å². The summed E-state index contributed by atoms with van der Waals surface area (Å²) < 4.78 is 0. The SMILES string of the molecule is CN(CC1(C)CCNCC1)C1CCCC1. The molecular formula is C13H26N2. The van der Waals surface area contributed by atoms with Gasteiger partial charge >= 0.3 is 0 Å². The fraction of sp³-hybridized carbons (Fsp3) is 1.00. The Kier molecular flexibility index (Phi) is 3.68. The van der Waals surface area contributed by atoms with Gasteiger partial charge in [-0.25, -0.2) is 0 Å². The number of rotatable bonds is 3. The molecule has 2 heteroatoms. The summed E-state index contributed by atoms with van der Waals surface area (Å²) in [6.07, 6.45) is 8.48. The molecule has 0 aromatic rings.